The van der Waals surface area contributed by atoms with E-state index in [4.69, 9.17) is 16.3 Å². The number of ether oxygens (including phenoxy) is 1. The molecule has 0 radical (unpaired) electrons. The van der Waals surface area contributed by atoms with Crippen LogP contribution in [-0.2, 0) is 0 Å². The quantitative estimate of drug-likeness (QED) is 0.865. The molecule has 0 aliphatic carbocycles. The Hall–Kier alpha value is -1.10. The predicted molar refractivity (Wildman–Crippen MR) is 83.0 cm³/mol. The first-order chi connectivity index (χ1) is 9.58. The maximum absolute atomic E-state index is 13.7. The summed E-state index contributed by atoms with van der Waals surface area (Å²) in [7, 11) is 3.39. The molecular weight excluding hydrogens is 345 g/mol. The molecule has 1 N–H and O–H groups in total. The highest BCUT2D eigenvalue weighted by molar-refractivity contribution is 9.10. The van der Waals surface area contributed by atoms with Gasteiger partial charge in [-0.3, -0.25) is 0 Å². The first kappa shape index (κ1) is 15.3. The van der Waals surface area contributed by atoms with Gasteiger partial charge in [-0.1, -0.05) is 29.8 Å². The zero-order valence-corrected chi connectivity index (χ0v) is 13.4. The number of hydrogen-bond donors (Lipinski definition) is 1. The Morgan fingerprint density at radius 3 is 2.70 bits per heavy atom. The van der Waals surface area contributed by atoms with Crippen LogP contribution in [0.5, 0.6) is 5.75 Å². The number of nitrogens with one attached hydrogen (secondary N) is 1. The van der Waals surface area contributed by atoms with Crippen LogP contribution >= 0.6 is 27.5 Å². The summed E-state index contributed by atoms with van der Waals surface area (Å²) in [5, 5.41) is 3.72. The summed E-state index contributed by atoms with van der Waals surface area (Å²) in [5.41, 5.74) is 1.76. The lowest BCUT2D eigenvalue weighted by molar-refractivity contribution is 0.414. The lowest BCUT2D eigenvalue weighted by Gasteiger charge is -2.20. The molecule has 2 rings (SSSR count). The van der Waals surface area contributed by atoms with E-state index in [2.05, 4.69) is 21.2 Å². The van der Waals surface area contributed by atoms with Crippen molar-refractivity contribution in [3.63, 3.8) is 0 Å². The summed E-state index contributed by atoms with van der Waals surface area (Å²) in [5.74, 6) is 0.306. The summed E-state index contributed by atoms with van der Waals surface area (Å²) >= 11 is 9.33. The van der Waals surface area contributed by atoms with Gasteiger partial charge in [0.2, 0.25) is 0 Å². The molecule has 0 aliphatic heterocycles. The average Bonchev–Trinajstić information content (AvgIpc) is 2.45. The lowest BCUT2D eigenvalue weighted by atomic mass is 9.98. The van der Waals surface area contributed by atoms with Gasteiger partial charge in [0, 0.05) is 0 Å². The van der Waals surface area contributed by atoms with E-state index in [9.17, 15) is 4.39 Å². The second-order valence-corrected chi connectivity index (χ2v) is 5.46. The summed E-state index contributed by atoms with van der Waals surface area (Å²) in [6.45, 7) is 0. The van der Waals surface area contributed by atoms with Gasteiger partial charge in [-0.2, -0.15) is 0 Å². The molecule has 0 aromatic heterocycles. The first-order valence-corrected chi connectivity index (χ1v) is 7.20. The van der Waals surface area contributed by atoms with Crippen LogP contribution in [0.1, 0.15) is 17.2 Å². The van der Waals surface area contributed by atoms with Gasteiger partial charge in [0.15, 0.2) is 0 Å². The molecular formula is C15H14BrClFNO. The molecule has 1 atom stereocenters. The molecule has 20 heavy (non-hydrogen) atoms. The van der Waals surface area contributed by atoms with Crippen LogP contribution in [0.3, 0.4) is 0 Å². The van der Waals surface area contributed by atoms with Gasteiger partial charge in [-0.25, -0.2) is 4.39 Å². The summed E-state index contributed by atoms with van der Waals surface area (Å²) in [4.78, 5) is 0. The van der Waals surface area contributed by atoms with Crippen molar-refractivity contribution < 1.29 is 9.13 Å². The monoisotopic (exact) mass is 357 g/mol. The van der Waals surface area contributed by atoms with Crippen molar-refractivity contribution in [2.45, 2.75) is 6.04 Å². The second kappa shape index (κ2) is 6.57. The van der Waals surface area contributed by atoms with Crippen molar-refractivity contribution in [2.75, 3.05) is 14.2 Å². The van der Waals surface area contributed by atoms with E-state index in [1.807, 2.05) is 25.2 Å². The minimum absolute atomic E-state index is 0.161. The van der Waals surface area contributed by atoms with Crippen LogP contribution in [0.25, 0.3) is 0 Å². The van der Waals surface area contributed by atoms with Crippen molar-refractivity contribution in [1.82, 2.24) is 5.32 Å². The van der Waals surface area contributed by atoms with Crippen molar-refractivity contribution in [1.29, 1.82) is 0 Å². The summed E-state index contributed by atoms with van der Waals surface area (Å²) in [6.07, 6.45) is 0. The van der Waals surface area contributed by atoms with Crippen LogP contribution in [0, 0.1) is 5.82 Å². The van der Waals surface area contributed by atoms with E-state index in [1.165, 1.54) is 6.07 Å². The maximum Gasteiger partial charge on any atom is 0.137 e. The topological polar surface area (TPSA) is 21.3 Å². The Kier molecular flexibility index (Phi) is 5.02. The van der Waals surface area contributed by atoms with Crippen molar-refractivity contribution in [3.8, 4) is 5.75 Å². The molecule has 0 bridgehead atoms. The van der Waals surface area contributed by atoms with Gasteiger partial charge < -0.3 is 10.1 Å². The normalized spacial score (nSPS) is 12.2. The van der Waals surface area contributed by atoms with E-state index in [0.29, 0.717) is 15.2 Å². The largest absolute Gasteiger partial charge is 0.495 e. The van der Waals surface area contributed by atoms with Crippen LogP contribution in [0.2, 0.25) is 5.02 Å². The van der Waals surface area contributed by atoms with E-state index in [0.717, 1.165) is 11.1 Å². The highest BCUT2D eigenvalue weighted by Crippen LogP contribution is 2.33. The fourth-order valence-corrected chi connectivity index (χ4v) is 2.79. The number of rotatable bonds is 4. The Labute approximate surface area is 131 Å². The van der Waals surface area contributed by atoms with Gasteiger partial charge in [0.05, 0.1) is 22.6 Å². The number of benzene rings is 2. The zero-order valence-electron chi connectivity index (χ0n) is 11.1. The highest BCUT2D eigenvalue weighted by atomic mass is 79.9. The van der Waals surface area contributed by atoms with Crippen molar-refractivity contribution >= 4 is 27.5 Å². The molecule has 0 saturated heterocycles. The fraction of sp³-hybridized carbons (Fsp3) is 0.200. The zero-order chi connectivity index (χ0) is 14.7. The first-order valence-electron chi connectivity index (χ1n) is 6.03. The minimum atomic E-state index is -0.288. The van der Waals surface area contributed by atoms with Crippen LogP contribution in [0.15, 0.2) is 40.9 Å². The second-order valence-electron chi connectivity index (χ2n) is 4.26. The molecule has 2 aromatic rings. The standard InChI is InChI=1S/C15H14BrClFNO/c1-19-15(10-4-3-5-12(18)14(10)16)9-6-7-11(17)13(8-9)20-2/h3-8,15,19H,1-2H3. The third kappa shape index (κ3) is 2.97. The SMILES string of the molecule is CNC(c1ccc(Cl)c(OC)c1)c1cccc(F)c1Br. The van der Waals surface area contributed by atoms with Crippen LogP contribution in [0.4, 0.5) is 4.39 Å². The average molecular weight is 359 g/mol. The Morgan fingerprint density at radius 1 is 1.30 bits per heavy atom. The van der Waals surface area contributed by atoms with E-state index >= 15 is 0 Å². The van der Waals surface area contributed by atoms with E-state index in [-0.39, 0.29) is 11.9 Å². The predicted octanol–water partition coefficient (Wildman–Crippen LogP) is 4.56. The molecule has 0 fully saturated rings. The van der Waals surface area contributed by atoms with Crippen LogP contribution < -0.4 is 10.1 Å². The molecule has 0 spiro atoms. The Balaban J connectivity index is 2.49. The van der Waals surface area contributed by atoms with Gasteiger partial charge >= 0.3 is 0 Å². The van der Waals surface area contributed by atoms with Crippen molar-refractivity contribution in [3.05, 3.63) is 62.8 Å². The molecule has 2 aromatic carbocycles. The number of halogens is 3. The van der Waals surface area contributed by atoms with Gasteiger partial charge in [-0.15, -0.1) is 0 Å². The number of methoxy groups -OCH3 is 1. The van der Waals surface area contributed by atoms with E-state index in [1.54, 1.807) is 19.2 Å². The lowest BCUT2D eigenvalue weighted by Crippen LogP contribution is -2.18. The van der Waals surface area contributed by atoms with Gasteiger partial charge in [0.1, 0.15) is 11.6 Å². The smallest absolute Gasteiger partial charge is 0.137 e. The molecule has 0 heterocycles. The molecule has 0 amide bonds. The number of hydrogen-bond acceptors (Lipinski definition) is 2. The van der Waals surface area contributed by atoms with Crippen LogP contribution in [-0.4, -0.2) is 14.2 Å². The Morgan fingerprint density at radius 2 is 2.05 bits per heavy atom. The summed E-state index contributed by atoms with van der Waals surface area (Å²) in [6, 6.07) is 10.3. The van der Waals surface area contributed by atoms with Gasteiger partial charge in [-0.05, 0) is 52.3 Å². The minimum Gasteiger partial charge on any atom is -0.495 e. The maximum atomic E-state index is 13.7. The third-order valence-corrected chi connectivity index (χ3v) is 4.24. The van der Waals surface area contributed by atoms with Gasteiger partial charge in [0.25, 0.3) is 0 Å². The molecule has 5 heteroatoms. The molecule has 0 saturated carbocycles. The molecule has 106 valence electrons. The highest BCUT2D eigenvalue weighted by Gasteiger charge is 2.18. The molecule has 0 aliphatic rings. The van der Waals surface area contributed by atoms with Crippen molar-refractivity contribution in [2.24, 2.45) is 0 Å². The molecule has 1 unspecified atom stereocenters. The third-order valence-electron chi connectivity index (χ3n) is 3.09. The van der Waals surface area contributed by atoms with E-state index < -0.39 is 0 Å². The summed E-state index contributed by atoms with van der Waals surface area (Å²) < 4.78 is 19.4. The Bertz CT molecular complexity index is 621. The fourth-order valence-electron chi connectivity index (χ4n) is 2.10. The molecule has 2 nitrogen and oxygen atoms in total.